The maximum Gasteiger partial charge on any atom is 0.0311 e. The van der Waals surface area contributed by atoms with Gasteiger partial charge in [0, 0.05) is 30.6 Å². The highest BCUT2D eigenvalue weighted by Crippen LogP contribution is 2.49. The second kappa shape index (κ2) is 12.6. The Labute approximate surface area is 207 Å². The predicted octanol–water partition coefficient (Wildman–Crippen LogP) is 9.83. The van der Waals surface area contributed by atoms with Crippen LogP contribution in [0.25, 0.3) is 0 Å². The van der Waals surface area contributed by atoms with Gasteiger partial charge in [-0.05, 0) is 61.6 Å². The van der Waals surface area contributed by atoms with Crippen molar-refractivity contribution in [3.05, 3.63) is 102 Å². The summed E-state index contributed by atoms with van der Waals surface area (Å²) in [5.74, 6) is 0.420. The molecule has 3 heteroatoms. The minimum Gasteiger partial charge on any atom is -0.121 e. The van der Waals surface area contributed by atoms with E-state index >= 15 is 0 Å². The van der Waals surface area contributed by atoms with Gasteiger partial charge in [-0.2, -0.15) is 0 Å². The van der Waals surface area contributed by atoms with E-state index in [0.717, 1.165) is 6.42 Å². The number of benzene rings is 3. The molecule has 0 heterocycles. The minimum absolute atomic E-state index is 0.0455. The molecule has 0 fully saturated rings. The smallest absolute Gasteiger partial charge is 0.0311 e. The summed E-state index contributed by atoms with van der Waals surface area (Å²) in [6.45, 7) is 9.50. The molecule has 0 bridgehead atoms. The van der Waals surface area contributed by atoms with Crippen LogP contribution in [-0.2, 0) is 0 Å². The Morgan fingerprint density at radius 1 is 0.781 bits per heavy atom. The lowest BCUT2D eigenvalue weighted by Gasteiger charge is -2.38. The Bertz CT molecular complexity index is 949. The summed E-state index contributed by atoms with van der Waals surface area (Å²) in [6.07, 6.45) is 4.77. The summed E-state index contributed by atoms with van der Waals surface area (Å²) in [5, 5.41) is 0.412. The molecule has 168 valence electrons. The zero-order valence-electron chi connectivity index (χ0n) is 19.5. The van der Waals surface area contributed by atoms with Gasteiger partial charge in [0.05, 0.1) is 0 Å². The fraction of sp³-hybridized carbons (Fsp3) is 0.310. The van der Waals surface area contributed by atoms with Crippen molar-refractivity contribution >= 4 is 35.3 Å². The lowest BCUT2D eigenvalue weighted by atomic mass is 9.96. The van der Waals surface area contributed by atoms with Crippen LogP contribution < -0.4 is 0 Å². The third-order valence-corrected chi connectivity index (χ3v) is 9.85. The largest absolute Gasteiger partial charge is 0.121 e. The molecule has 2 atom stereocenters. The van der Waals surface area contributed by atoms with Gasteiger partial charge < -0.3 is 0 Å². The molecule has 0 saturated carbocycles. The second-order valence-corrected chi connectivity index (χ2v) is 12.6. The summed E-state index contributed by atoms with van der Waals surface area (Å²) in [6, 6.07) is 32.5. The quantitative estimate of drug-likeness (QED) is 0.252. The Morgan fingerprint density at radius 2 is 1.28 bits per heavy atom. The molecule has 3 aromatic carbocycles. The monoisotopic (exact) mass is 478 g/mol. The van der Waals surface area contributed by atoms with Crippen LogP contribution in [0.3, 0.4) is 0 Å². The van der Waals surface area contributed by atoms with Gasteiger partial charge in [-0.1, -0.05) is 92.7 Å². The molecular formula is C29H34S3. The van der Waals surface area contributed by atoms with Crippen molar-refractivity contribution < 1.29 is 0 Å². The van der Waals surface area contributed by atoms with E-state index in [2.05, 4.69) is 125 Å². The number of allylic oxidation sites excluding steroid dienone is 2. The maximum atomic E-state index is 2.48. The normalized spacial score (nSPS) is 14.2. The van der Waals surface area contributed by atoms with E-state index < -0.39 is 0 Å². The summed E-state index contributed by atoms with van der Waals surface area (Å²) < 4.78 is 0.0455. The van der Waals surface area contributed by atoms with Gasteiger partial charge in [0.25, 0.3) is 0 Å². The molecule has 0 saturated heterocycles. The zero-order chi connectivity index (χ0) is 22.8. The van der Waals surface area contributed by atoms with Gasteiger partial charge in [-0.15, -0.1) is 23.5 Å². The Hall–Kier alpha value is -1.55. The third kappa shape index (κ3) is 7.50. The summed E-state index contributed by atoms with van der Waals surface area (Å²) in [4.78, 5) is 5.47. The van der Waals surface area contributed by atoms with Crippen molar-refractivity contribution in [2.45, 2.75) is 65.2 Å². The lowest BCUT2D eigenvalue weighted by molar-refractivity contribution is 0.553. The van der Waals surface area contributed by atoms with Gasteiger partial charge in [-0.3, -0.25) is 0 Å². The van der Waals surface area contributed by atoms with Gasteiger partial charge in [0.2, 0.25) is 0 Å². The van der Waals surface area contributed by atoms with E-state index in [9.17, 15) is 0 Å². The van der Waals surface area contributed by atoms with E-state index in [1.807, 2.05) is 35.3 Å². The van der Waals surface area contributed by atoms with Crippen molar-refractivity contribution in [2.75, 3.05) is 0 Å². The average molecular weight is 479 g/mol. The van der Waals surface area contributed by atoms with Crippen LogP contribution in [0, 0.1) is 5.92 Å². The van der Waals surface area contributed by atoms with Crippen molar-refractivity contribution in [2.24, 2.45) is 5.92 Å². The number of hydrogen-bond acceptors (Lipinski definition) is 3. The Kier molecular flexibility index (Phi) is 9.90. The third-order valence-electron chi connectivity index (χ3n) is 5.33. The van der Waals surface area contributed by atoms with Gasteiger partial charge in [0.15, 0.2) is 0 Å². The van der Waals surface area contributed by atoms with Crippen molar-refractivity contribution in [1.82, 2.24) is 0 Å². The zero-order valence-corrected chi connectivity index (χ0v) is 22.0. The van der Waals surface area contributed by atoms with Crippen LogP contribution >= 0.6 is 35.3 Å². The predicted molar refractivity (Wildman–Crippen MR) is 147 cm³/mol. The van der Waals surface area contributed by atoms with Crippen LogP contribution in [0.2, 0.25) is 0 Å². The highest BCUT2D eigenvalue weighted by Gasteiger charge is 2.37. The summed E-state index contributed by atoms with van der Waals surface area (Å²) in [5.41, 5.74) is 0. The number of unbranched alkanes of at least 4 members (excludes halogenated alkanes) is 1. The first-order valence-electron chi connectivity index (χ1n) is 11.4. The molecule has 0 N–H and O–H groups in total. The molecule has 0 radical (unpaired) electrons. The molecule has 0 aliphatic carbocycles. The summed E-state index contributed by atoms with van der Waals surface area (Å²) in [7, 11) is 0. The highest BCUT2D eigenvalue weighted by molar-refractivity contribution is 8.05. The first-order valence-corrected chi connectivity index (χ1v) is 13.9. The van der Waals surface area contributed by atoms with Crippen molar-refractivity contribution in [3.8, 4) is 0 Å². The first-order chi connectivity index (χ1) is 15.5. The van der Waals surface area contributed by atoms with E-state index in [0.29, 0.717) is 11.2 Å². The van der Waals surface area contributed by atoms with E-state index in [1.54, 1.807) is 0 Å². The molecule has 0 spiro atoms. The molecule has 3 aromatic rings. The van der Waals surface area contributed by atoms with Gasteiger partial charge in [0.1, 0.15) is 0 Å². The van der Waals surface area contributed by atoms with Crippen LogP contribution in [0.4, 0.5) is 0 Å². The maximum absolute atomic E-state index is 2.48. The SMILES string of the molecule is CCC/C=C(\Sc1ccccc1)[C@@H](C)[C@H](Sc1ccccc1)C(C)(C)Sc1ccccc1. The molecular weight excluding hydrogens is 445 g/mol. The molecule has 0 nitrogen and oxygen atoms in total. The van der Waals surface area contributed by atoms with Crippen LogP contribution in [0.5, 0.6) is 0 Å². The lowest BCUT2D eigenvalue weighted by Crippen LogP contribution is -2.36. The fourth-order valence-corrected chi connectivity index (χ4v) is 7.65. The molecule has 3 rings (SSSR count). The molecule has 0 aliphatic heterocycles. The Balaban J connectivity index is 1.93. The van der Waals surface area contributed by atoms with Crippen LogP contribution in [0.1, 0.15) is 40.5 Å². The minimum atomic E-state index is 0.0455. The van der Waals surface area contributed by atoms with Gasteiger partial charge in [-0.25, -0.2) is 0 Å². The topological polar surface area (TPSA) is 0 Å². The first kappa shape index (κ1) is 25.1. The van der Waals surface area contributed by atoms with Crippen molar-refractivity contribution in [3.63, 3.8) is 0 Å². The average Bonchev–Trinajstić information content (AvgIpc) is 2.81. The van der Waals surface area contributed by atoms with Crippen molar-refractivity contribution in [1.29, 1.82) is 0 Å². The molecule has 32 heavy (non-hydrogen) atoms. The van der Waals surface area contributed by atoms with E-state index in [-0.39, 0.29) is 4.75 Å². The Morgan fingerprint density at radius 3 is 1.81 bits per heavy atom. The number of rotatable bonds is 11. The van der Waals surface area contributed by atoms with Gasteiger partial charge >= 0.3 is 0 Å². The molecule has 0 aromatic heterocycles. The highest BCUT2D eigenvalue weighted by atomic mass is 32.2. The number of hydrogen-bond donors (Lipinski definition) is 0. The molecule has 0 amide bonds. The van der Waals surface area contributed by atoms with E-state index in [1.165, 1.54) is 26.0 Å². The summed E-state index contributed by atoms with van der Waals surface area (Å²) >= 11 is 5.95. The fourth-order valence-electron chi connectivity index (χ4n) is 3.72. The van der Waals surface area contributed by atoms with E-state index in [4.69, 9.17) is 0 Å². The van der Waals surface area contributed by atoms with Crippen LogP contribution in [-0.4, -0.2) is 10.00 Å². The standard InChI is InChI=1S/C29H34S3/c1-5-6-22-27(30-24-16-10-7-11-17-24)23(2)28(31-25-18-12-8-13-19-25)29(3,4)32-26-20-14-9-15-21-26/h7-23,28H,5-6H2,1-4H3/b27-22-/t23-,28+/m1/s1. The molecule has 0 aliphatic rings. The number of thioether (sulfide) groups is 3. The second-order valence-electron chi connectivity index (χ2n) is 8.47. The molecule has 0 unspecified atom stereocenters. The van der Waals surface area contributed by atoms with Crippen LogP contribution in [0.15, 0.2) is 117 Å².